The highest BCUT2D eigenvalue weighted by Crippen LogP contribution is 2.29. The summed E-state index contributed by atoms with van der Waals surface area (Å²) in [7, 11) is 0. The molecule has 1 atom stereocenters. The normalized spacial score (nSPS) is 13.8. The van der Waals surface area contributed by atoms with Crippen molar-refractivity contribution in [2.24, 2.45) is 5.41 Å². The van der Waals surface area contributed by atoms with Gasteiger partial charge in [0.15, 0.2) is 0 Å². The molecule has 0 aliphatic carbocycles. The Labute approximate surface area is 112 Å². The summed E-state index contributed by atoms with van der Waals surface area (Å²) in [6.45, 7) is 3.66. The van der Waals surface area contributed by atoms with E-state index in [9.17, 15) is 5.11 Å². The van der Waals surface area contributed by atoms with Gasteiger partial charge in [0.2, 0.25) is 0 Å². The van der Waals surface area contributed by atoms with Crippen LogP contribution in [0.4, 0.5) is 0 Å². The average molecular weight is 277 g/mol. The molecule has 0 fully saturated rings. The van der Waals surface area contributed by atoms with Gasteiger partial charge >= 0.3 is 0 Å². The third kappa shape index (κ3) is 4.14. The molecule has 0 radical (unpaired) electrons. The predicted molar refractivity (Wildman–Crippen MR) is 71.7 cm³/mol. The first-order valence-electron chi connectivity index (χ1n) is 5.59. The fourth-order valence-electron chi connectivity index (χ4n) is 1.58. The maximum atomic E-state index is 9.67. The second-order valence-corrected chi connectivity index (χ2v) is 5.75. The van der Waals surface area contributed by atoms with Gasteiger partial charge in [-0.2, -0.15) is 0 Å². The zero-order valence-corrected chi connectivity index (χ0v) is 11.6. The Hall–Kier alpha value is -0.280. The second kappa shape index (κ2) is 6.05. The predicted octanol–water partition coefficient (Wildman–Crippen LogP) is 3.31. The van der Waals surface area contributed by atoms with Crippen LogP contribution in [0.2, 0.25) is 10.0 Å². The van der Waals surface area contributed by atoms with Crippen molar-refractivity contribution in [3.63, 3.8) is 0 Å². The van der Waals surface area contributed by atoms with Gasteiger partial charge in [-0.05, 0) is 36.0 Å². The van der Waals surface area contributed by atoms with E-state index in [1.54, 1.807) is 6.07 Å². The van der Waals surface area contributed by atoms with Crippen molar-refractivity contribution in [3.8, 4) is 0 Å². The van der Waals surface area contributed by atoms with Crippen LogP contribution >= 0.6 is 23.2 Å². The maximum absolute atomic E-state index is 9.67. The van der Waals surface area contributed by atoms with Gasteiger partial charge in [-0.3, -0.25) is 0 Å². The van der Waals surface area contributed by atoms with Crippen molar-refractivity contribution >= 4 is 23.2 Å². The lowest BCUT2D eigenvalue weighted by molar-refractivity contribution is -0.000603. The summed E-state index contributed by atoms with van der Waals surface area (Å²) in [6, 6.07) is 5.54. The Kier molecular flexibility index (Phi) is 5.26. The number of hydrogen-bond donors (Lipinski definition) is 2. The van der Waals surface area contributed by atoms with Gasteiger partial charge in [0.05, 0.1) is 22.8 Å². The highest BCUT2D eigenvalue weighted by molar-refractivity contribution is 6.42. The van der Waals surface area contributed by atoms with Crippen LogP contribution in [-0.2, 0) is 6.42 Å². The molecule has 0 heterocycles. The Balaban J connectivity index is 2.64. The van der Waals surface area contributed by atoms with Crippen molar-refractivity contribution < 1.29 is 10.2 Å². The number of benzene rings is 1. The molecule has 4 heteroatoms. The number of halogens is 2. The summed E-state index contributed by atoms with van der Waals surface area (Å²) in [5.41, 5.74) is 0.763. The lowest BCUT2D eigenvalue weighted by atomic mass is 9.81. The molecule has 2 N–H and O–H groups in total. The van der Waals surface area contributed by atoms with Gasteiger partial charge in [-0.15, -0.1) is 0 Å². The Bertz CT molecular complexity index is 378. The van der Waals surface area contributed by atoms with E-state index in [4.69, 9.17) is 28.3 Å². The van der Waals surface area contributed by atoms with Crippen LogP contribution in [0, 0.1) is 5.41 Å². The molecule has 0 amide bonds. The summed E-state index contributed by atoms with van der Waals surface area (Å²) in [6.07, 6.45) is 0.860. The molecule has 96 valence electrons. The van der Waals surface area contributed by atoms with Crippen LogP contribution in [0.25, 0.3) is 0 Å². The zero-order chi connectivity index (χ0) is 13.1. The van der Waals surface area contributed by atoms with Gasteiger partial charge in [-0.25, -0.2) is 0 Å². The molecule has 0 aliphatic rings. The molecule has 2 nitrogen and oxygen atoms in total. The standard InChI is InChI=1S/C13H18Cl2O2/c1-13(2,12(17)8-16)6-5-9-3-4-10(14)11(15)7-9/h3-4,7,12,16-17H,5-6,8H2,1-2H3. The molecule has 0 bridgehead atoms. The molecular weight excluding hydrogens is 259 g/mol. The van der Waals surface area contributed by atoms with Crippen LogP contribution in [0.1, 0.15) is 25.8 Å². The third-order valence-electron chi connectivity index (χ3n) is 3.12. The molecular formula is C13H18Cl2O2. The minimum atomic E-state index is -0.703. The lowest BCUT2D eigenvalue weighted by Gasteiger charge is -2.29. The third-order valence-corrected chi connectivity index (χ3v) is 3.86. The summed E-state index contributed by atoms with van der Waals surface area (Å²) in [5.74, 6) is 0. The van der Waals surface area contributed by atoms with E-state index in [0.717, 1.165) is 18.4 Å². The molecule has 1 rings (SSSR count). The first-order chi connectivity index (χ1) is 7.86. The molecule has 1 aromatic rings. The van der Waals surface area contributed by atoms with E-state index in [1.807, 2.05) is 26.0 Å². The molecule has 0 spiro atoms. The average Bonchev–Trinajstić information content (AvgIpc) is 2.29. The molecule has 1 aromatic carbocycles. The van der Waals surface area contributed by atoms with E-state index in [1.165, 1.54) is 0 Å². The number of rotatable bonds is 5. The zero-order valence-electron chi connectivity index (χ0n) is 10.1. The lowest BCUT2D eigenvalue weighted by Crippen LogP contribution is -2.32. The van der Waals surface area contributed by atoms with E-state index >= 15 is 0 Å². The molecule has 1 unspecified atom stereocenters. The molecule has 0 aliphatic heterocycles. The summed E-state index contributed by atoms with van der Waals surface area (Å²) < 4.78 is 0. The Morgan fingerprint density at radius 1 is 1.24 bits per heavy atom. The van der Waals surface area contributed by atoms with Crippen molar-refractivity contribution in [2.75, 3.05) is 6.61 Å². The molecule has 0 aromatic heterocycles. The van der Waals surface area contributed by atoms with Crippen molar-refractivity contribution in [3.05, 3.63) is 33.8 Å². The van der Waals surface area contributed by atoms with Crippen LogP contribution in [0.5, 0.6) is 0 Å². The van der Waals surface area contributed by atoms with Crippen LogP contribution < -0.4 is 0 Å². The summed E-state index contributed by atoms with van der Waals surface area (Å²) >= 11 is 11.8. The van der Waals surface area contributed by atoms with Crippen LogP contribution in [0.15, 0.2) is 18.2 Å². The fraction of sp³-hybridized carbons (Fsp3) is 0.538. The van der Waals surface area contributed by atoms with E-state index in [2.05, 4.69) is 0 Å². The summed E-state index contributed by atoms with van der Waals surface area (Å²) in [4.78, 5) is 0. The number of aliphatic hydroxyl groups excluding tert-OH is 2. The van der Waals surface area contributed by atoms with Crippen LogP contribution in [0.3, 0.4) is 0 Å². The number of hydrogen-bond acceptors (Lipinski definition) is 2. The quantitative estimate of drug-likeness (QED) is 0.866. The highest BCUT2D eigenvalue weighted by Gasteiger charge is 2.26. The SMILES string of the molecule is CC(C)(CCc1ccc(Cl)c(Cl)c1)C(O)CO. The topological polar surface area (TPSA) is 40.5 Å². The smallest absolute Gasteiger partial charge is 0.0821 e. The van der Waals surface area contributed by atoms with Gasteiger partial charge in [-0.1, -0.05) is 43.1 Å². The Morgan fingerprint density at radius 2 is 1.88 bits per heavy atom. The monoisotopic (exact) mass is 276 g/mol. The molecule has 17 heavy (non-hydrogen) atoms. The van der Waals surface area contributed by atoms with Crippen molar-refractivity contribution in [2.45, 2.75) is 32.8 Å². The first kappa shape index (κ1) is 14.8. The van der Waals surface area contributed by atoms with Gasteiger partial charge in [0, 0.05) is 0 Å². The first-order valence-corrected chi connectivity index (χ1v) is 6.35. The van der Waals surface area contributed by atoms with E-state index in [0.29, 0.717) is 10.0 Å². The maximum Gasteiger partial charge on any atom is 0.0821 e. The van der Waals surface area contributed by atoms with Crippen molar-refractivity contribution in [1.82, 2.24) is 0 Å². The van der Waals surface area contributed by atoms with E-state index < -0.39 is 6.10 Å². The fourth-order valence-corrected chi connectivity index (χ4v) is 1.90. The molecule has 0 saturated heterocycles. The Morgan fingerprint density at radius 3 is 2.41 bits per heavy atom. The second-order valence-electron chi connectivity index (χ2n) is 4.94. The molecule has 0 saturated carbocycles. The van der Waals surface area contributed by atoms with Gasteiger partial charge < -0.3 is 10.2 Å². The summed E-state index contributed by atoms with van der Waals surface area (Å²) in [5, 5.41) is 19.7. The minimum absolute atomic E-state index is 0.214. The minimum Gasteiger partial charge on any atom is -0.394 e. The largest absolute Gasteiger partial charge is 0.394 e. The number of aryl methyl sites for hydroxylation is 1. The highest BCUT2D eigenvalue weighted by atomic mass is 35.5. The van der Waals surface area contributed by atoms with E-state index in [-0.39, 0.29) is 12.0 Å². The van der Waals surface area contributed by atoms with Crippen molar-refractivity contribution in [1.29, 1.82) is 0 Å². The van der Waals surface area contributed by atoms with Gasteiger partial charge in [0.1, 0.15) is 0 Å². The van der Waals surface area contributed by atoms with Crippen LogP contribution in [-0.4, -0.2) is 22.9 Å². The number of aliphatic hydroxyl groups is 2. The van der Waals surface area contributed by atoms with Gasteiger partial charge in [0.25, 0.3) is 0 Å².